The van der Waals surface area contributed by atoms with Crippen molar-refractivity contribution in [3.63, 3.8) is 0 Å². The predicted molar refractivity (Wildman–Crippen MR) is 223 cm³/mol. The Morgan fingerprint density at radius 1 is 0.746 bits per heavy atom. The van der Waals surface area contributed by atoms with Gasteiger partial charge in [0.05, 0.1) is 46.7 Å². The third-order valence-corrected chi connectivity index (χ3v) is 10.1. The average molecular weight is 819 g/mol. The van der Waals surface area contributed by atoms with Crippen molar-refractivity contribution in [1.29, 1.82) is 0 Å². The molecule has 0 aromatic heterocycles. The van der Waals surface area contributed by atoms with Crippen LogP contribution in [0.4, 0.5) is 4.79 Å². The molecule has 5 atom stereocenters. The summed E-state index contributed by atoms with van der Waals surface area (Å²) in [6, 6.07) is 19.4. The Balaban J connectivity index is 1.67. The van der Waals surface area contributed by atoms with Crippen molar-refractivity contribution in [2.45, 2.75) is 90.1 Å². The number of alkyl carbamates (subject to hydrolysis) is 1. The van der Waals surface area contributed by atoms with Crippen LogP contribution in [0.15, 0.2) is 72.8 Å². The minimum absolute atomic E-state index is 0.0511. The van der Waals surface area contributed by atoms with Gasteiger partial charge in [0.15, 0.2) is 11.5 Å². The number of ether oxygens (including phenoxy) is 5. The summed E-state index contributed by atoms with van der Waals surface area (Å²) in [7, 11) is 4.47. The van der Waals surface area contributed by atoms with E-state index in [2.05, 4.69) is 16.0 Å². The Kier molecular flexibility index (Phi) is 17.4. The summed E-state index contributed by atoms with van der Waals surface area (Å²) in [5, 5.41) is 20.7. The molecule has 1 saturated heterocycles. The van der Waals surface area contributed by atoms with Gasteiger partial charge in [0, 0.05) is 25.4 Å². The fourth-order valence-corrected chi connectivity index (χ4v) is 7.06. The van der Waals surface area contributed by atoms with Gasteiger partial charge >= 0.3 is 6.09 Å². The van der Waals surface area contributed by atoms with E-state index in [-0.39, 0.29) is 31.6 Å². The summed E-state index contributed by atoms with van der Waals surface area (Å²) in [5.41, 5.74) is 1.51. The van der Waals surface area contributed by atoms with E-state index >= 15 is 0 Å². The van der Waals surface area contributed by atoms with E-state index in [4.69, 9.17) is 23.7 Å². The molecule has 59 heavy (non-hydrogen) atoms. The van der Waals surface area contributed by atoms with Crippen LogP contribution < -0.4 is 30.2 Å². The minimum atomic E-state index is -1.25. The fourth-order valence-electron chi connectivity index (χ4n) is 7.06. The minimum Gasteiger partial charge on any atom is -0.493 e. The molecule has 4 amide bonds. The molecule has 0 bridgehead atoms. The lowest BCUT2D eigenvalue weighted by Crippen LogP contribution is -2.58. The lowest BCUT2D eigenvalue weighted by molar-refractivity contribution is -0.141. The SMILES string of the molecule is COc1ccc(C[C@H](C[C@H](O)[C@H](Cc2ccccc2)NC(=O)OC(C)(C)C)C(=O)N[C@H](C(=O)N[C@@H](Cc2ccccc2)C(=O)N2CCOCC2)C(C)C)c(OC)c1OC. The van der Waals surface area contributed by atoms with Crippen LogP contribution in [0.1, 0.15) is 57.7 Å². The second-order valence-electron chi connectivity index (χ2n) is 16.1. The van der Waals surface area contributed by atoms with Gasteiger partial charge in [0.1, 0.15) is 17.7 Å². The fraction of sp³-hybridized carbons (Fsp3) is 0.511. The second-order valence-corrected chi connectivity index (χ2v) is 16.1. The number of aliphatic hydroxyl groups is 1. The van der Waals surface area contributed by atoms with E-state index in [1.54, 1.807) is 37.8 Å². The summed E-state index contributed by atoms with van der Waals surface area (Å²) in [6.07, 6.45) is -1.55. The number of nitrogens with zero attached hydrogens (tertiary/aromatic N) is 1. The first kappa shape index (κ1) is 46.4. The molecule has 0 aliphatic carbocycles. The molecule has 4 N–H and O–H groups in total. The van der Waals surface area contributed by atoms with E-state index in [9.17, 15) is 24.3 Å². The monoisotopic (exact) mass is 818 g/mol. The third-order valence-electron chi connectivity index (χ3n) is 10.1. The van der Waals surface area contributed by atoms with Crippen LogP contribution in [0.2, 0.25) is 0 Å². The zero-order valence-electron chi connectivity index (χ0n) is 35.6. The van der Waals surface area contributed by atoms with Crippen molar-refractivity contribution in [2.24, 2.45) is 11.8 Å². The Labute approximate surface area is 348 Å². The van der Waals surface area contributed by atoms with Gasteiger partial charge in [-0.3, -0.25) is 14.4 Å². The molecule has 14 heteroatoms. The zero-order valence-corrected chi connectivity index (χ0v) is 35.6. The van der Waals surface area contributed by atoms with Crippen LogP contribution in [0.5, 0.6) is 17.2 Å². The van der Waals surface area contributed by atoms with E-state index < -0.39 is 59.6 Å². The largest absolute Gasteiger partial charge is 0.493 e. The predicted octanol–water partition coefficient (Wildman–Crippen LogP) is 4.49. The molecule has 3 aromatic rings. The van der Waals surface area contributed by atoms with Crippen LogP contribution in [0, 0.1) is 11.8 Å². The number of benzene rings is 3. The number of rotatable bonds is 19. The summed E-state index contributed by atoms with van der Waals surface area (Å²) in [4.78, 5) is 57.5. The number of nitrogens with one attached hydrogen (secondary N) is 3. The normalized spacial score (nSPS) is 15.5. The van der Waals surface area contributed by atoms with Gasteiger partial charge < -0.3 is 49.6 Å². The molecule has 3 aromatic carbocycles. The maximum Gasteiger partial charge on any atom is 0.407 e. The van der Waals surface area contributed by atoms with Crippen LogP contribution in [-0.2, 0) is 43.1 Å². The number of methoxy groups -OCH3 is 3. The third kappa shape index (κ3) is 13.9. The molecule has 4 rings (SSSR count). The average Bonchev–Trinajstić information content (AvgIpc) is 3.21. The maximum absolute atomic E-state index is 14.6. The Morgan fingerprint density at radius 2 is 1.34 bits per heavy atom. The molecule has 0 unspecified atom stereocenters. The number of aliphatic hydroxyl groups excluding tert-OH is 1. The Hall–Kier alpha value is -5.34. The van der Waals surface area contributed by atoms with Crippen molar-refractivity contribution in [3.05, 3.63) is 89.5 Å². The smallest absolute Gasteiger partial charge is 0.407 e. The van der Waals surface area contributed by atoms with Crippen LogP contribution in [-0.4, -0.2) is 111 Å². The molecule has 1 aliphatic rings. The molecular formula is C45H62N4O10. The Bertz CT molecular complexity index is 1810. The molecule has 0 radical (unpaired) electrons. The van der Waals surface area contributed by atoms with E-state index in [0.717, 1.165) is 11.1 Å². The first-order chi connectivity index (χ1) is 28.1. The lowest BCUT2D eigenvalue weighted by Gasteiger charge is -2.32. The van der Waals surface area contributed by atoms with Crippen molar-refractivity contribution in [3.8, 4) is 17.2 Å². The van der Waals surface area contributed by atoms with Gasteiger partial charge in [0.2, 0.25) is 23.5 Å². The number of morpholine rings is 1. The Morgan fingerprint density at radius 3 is 1.88 bits per heavy atom. The highest BCUT2D eigenvalue weighted by Crippen LogP contribution is 2.41. The molecule has 1 aliphatic heterocycles. The number of hydrogen-bond donors (Lipinski definition) is 4. The number of amides is 4. The van der Waals surface area contributed by atoms with Crippen LogP contribution in [0.3, 0.4) is 0 Å². The second kappa shape index (κ2) is 22.1. The van der Waals surface area contributed by atoms with E-state index in [0.29, 0.717) is 49.1 Å². The van der Waals surface area contributed by atoms with Gasteiger partial charge in [-0.1, -0.05) is 80.6 Å². The standard InChI is InChI=1S/C45H62N4O10/c1-29(2)38(42(52)46-35(26-31-17-13-10-14-18-31)43(53)49-21-23-58-24-22-49)48-41(51)33(27-32-19-20-37(55-6)40(57-8)39(32)56-7)28-36(50)34(25-30-15-11-9-12-16-30)47-44(54)59-45(3,4)5/h9-20,29,33-36,38,50H,21-28H2,1-8H3,(H,46,52)(H,47,54)(H,48,51)/t33-,34+,35+,36+,38+/m1/s1. The molecule has 0 saturated carbocycles. The molecule has 1 heterocycles. The van der Waals surface area contributed by atoms with Gasteiger partial charge in [0.25, 0.3) is 0 Å². The van der Waals surface area contributed by atoms with E-state index in [1.165, 1.54) is 21.3 Å². The zero-order chi connectivity index (χ0) is 43.1. The summed E-state index contributed by atoms with van der Waals surface area (Å²) < 4.78 is 27.9. The van der Waals surface area contributed by atoms with Gasteiger partial charge in [-0.25, -0.2) is 4.79 Å². The van der Waals surface area contributed by atoms with Crippen LogP contribution in [0.25, 0.3) is 0 Å². The number of hydrogen-bond acceptors (Lipinski definition) is 10. The van der Waals surface area contributed by atoms with Crippen LogP contribution >= 0.6 is 0 Å². The summed E-state index contributed by atoms with van der Waals surface area (Å²) in [6.45, 7) is 10.5. The van der Waals surface area contributed by atoms with Crippen molar-refractivity contribution in [1.82, 2.24) is 20.9 Å². The summed E-state index contributed by atoms with van der Waals surface area (Å²) >= 11 is 0. The molecule has 1 fully saturated rings. The first-order valence-corrected chi connectivity index (χ1v) is 20.1. The first-order valence-electron chi connectivity index (χ1n) is 20.1. The van der Waals surface area contributed by atoms with Crippen molar-refractivity contribution < 1.29 is 48.0 Å². The molecule has 14 nitrogen and oxygen atoms in total. The van der Waals surface area contributed by atoms with E-state index in [1.807, 2.05) is 74.5 Å². The highest BCUT2D eigenvalue weighted by Gasteiger charge is 2.36. The van der Waals surface area contributed by atoms with Crippen molar-refractivity contribution in [2.75, 3.05) is 47.6 Å². The number of carbonyl (C=O) groups excluding carboxylic acids is 4. The summed E-state index contributed by atoms with van der Waals surface area (Å²) in [5.74, 6) is -1.54. The number of carbonyl (C=O) groups is 4. The van der Waals surface area contributed by atoms with Gasteiger partial charge in [-0.15, -0.1) is 0 Å². The molecular weight excluding hydrogens is 757 g/mol. The molecule has 0 spiro atoms. The molecule has 322 valence electrons. The quantitative estimate of drug-likeness (QED) is 0.135. The maximum atomic E-state index is 14.6. The van der Waals surface area contributed by atoms with Gasteiger partial charge in [-0.05, 0) is 68.7 Å². The topological polar surface area (TPSA) is 174 Å². The highest BCUT2D eigenvalue weighted by atomic mass is 16.6. The highest BCUT2D eigenvalue weighted by molar-refractivity contribution is 5.93. The lowest BCUT2D eigenvalue weighted by atomic mass is 9.87. The van der Waals surface area contributed by atoms with Gasteiger partial charge in [-0.2, -0.15) is 0 Å². The van der Waals surface area contributed by atoms with Crippen molar-refractivity contribution >= 4 is 23.8 Å².